The van der Waals surface area contributed by atoms with E-state index in [2.05, 4.69) is 32.7 Å². The van der Waals surface area contributed by atoms with Crippen LogP contribution in [0.3, 0.4) is 0 Å². The maximum Gasteiger partial charge on any atom is 0.220 e. The van der Waals surface area contributed by atoms with Gasteiger partial charge in [-0.2, -0.15) is 0 Å². The number of primary amides is 1. The summed E-state index contributed by atoms with van der Waals surface area (Å²) in [6, 6.07) is 8.14. The van der Waals surface area contributed by atoms with Crippen molar-refractivity contribution in [2.75, 3.05) is 46.9 Å². The largest absolute Gasteiger partial charge is 0.497 e. The van der Waals surface area contributed by atoms with Gasteiger partial charge in [0.15, 0.2) is 5.96 Å². The summed E-state index contributed by atoms with van der Waals surface area (Å²) in [7, 11) is 3.48. The Labute approximate surface area is 191 Å². The zero-order valence-electron chi connectivity index (χ0n) is 17.7. The van der Waals surface area contributed by atoms with Crippen molar-refractivity contribution in [3.05, 3.63) is 29.8 Å². The van der Waals surface area contributed by atoms with E-state index in [-0.39, 0.29) is 35.8 Å². The van der Waals surface area contributed by atoms with Crippen molar-refractivity contribution in [1.29, 1.82) is 0 Å². The van der Waals surface area contributed by atoms with Crippen molar-refractivity contribution in [2.45, 2.75) is 32.1 Å². The first-order valence-electron chi connectivity index (χ1n) is 10.2. The quantitative estimate of drug-likeness (QED) is 0.191. The van der Waals surface area contributed by atoms with E-state index in [1.54, 1.807) is 14.2 Å². The standard InChI is InChI=1S/C21H35N5O2.HI/c1-23-21(25-13-9-17-5-7-19(28-2)8-6-17)24-12-3-4-14-26-15-10-18(11-16-26)20(22)27;/h5-8,18H,3-4,9-16H2,1-2H3,(H2,22,27)(H2,23,24,25);1H. The van der Waals surface area contributed by atoms with Crippen LogP contribution < -0.4 is 21.1 Å². The number of amides is 1. The predicted octanol–water partition coefficient (Wildman–Crippen LogP) is 2.00. The van der Waals surface area contributed by atoms with Gasteiger partial charge in [0.1, 0.15) is 5.75 Å². The van der Waals surface area contributed by atoms with Gasteiger partial charge < -0.3 is 26.0 Å². The van der Waals surface area contributed by atoms with Gasteiger partial charge in [0.2, 0.25) is 5.91 Å². The fraction of sp³-hybridized carbons (Fsp3) is 0.619. The number of nitrogens with one attached hydrogen (secondary N) is 2. The van der Waals surface area contributed by atoms with Gasteiger partial charge in [-0.3, -0.25) is 9.79 Å². The van der Waals surface area contributed by atoms with E-state index in [4.69, 9.17) is 10.5 Å². The number of aliphatic imine (C=N–C) groups is 1. The lowest BCUT2D eigenvalue weighted by Gasteiger charge is -2.30. The van der Waals surface area contributed by atoms with Crippen molar-refractivity contribution in [1.82, 2.24) is 15.5 Å². The summed E-state index contributed by atoms with van der Waals surface area (Å²) in [5.41, 5.74) is 6.65. The van der Waals surface area contributed by atoms with E-state index in [9.17, 15) is 4.79 Å². The van der Waals surface area contributed by atoms with Gasteiger partial charge in [0.05, 0.1) is 7.11 Å². The van der Waals surface area contributed by atoms with Gasteiger partial charge in [-0.25, -0.2) is 0 Å². The zero-order chi connectivity index (χ0) is 20.2. The van der Waals surface area contributed by atoms with Gasteiger partial charge >= 0.3 is 0 Å². The fourth-order valence-corrected chi connectivity index (χ4v) is 3.45. The zero-order valence-corrected chi connectivity index (χ0v) is 20.0. The van der Waals surface area contributed by atoms with Crippen molar-refractivity contribution in [2.24, 2.45) is 16.6 Å². The number of methoxy groups -OCH3 is 1. The molecule has 0 atom stereocenters. The van der Waals surface area contributed by atoms with Gasteiger partial charge in [0, 0.05) is 26.1 Å². The second kappa shape index (κ2) is 14.4. The maximum absolute atomic E-state index is 11.2. The minimum Gasteiger partial charge on any atom is -0.497 e. The minimum absolute atomic E-state index is 0. The molecule has 164 valence electrons. The van der Waals surface area contributed by atoms with Crippen LogP contribution in [0.4, 0.5) is 0 Å². The van der Waals surface area contributed by atoms with E-state index in [1.165, 1.54) is 5.56 Å². The number of benzene rings is 1. The molecule has 0 aliphatic carbocycles. The van der Waals surface area contributed by atoms with Gasteiger partial charge in [-0.15, -0.1) is 24.0 Å². The molecule has 7 nitrogen and oxygen atoms in total. The molecule has 1 fully saturated rings. The number of likely N-dealkylation sites (tertiary alicyclic amines) is 1. The van der Waals surface area contributed by atoms with Gasteiger partial charge in [0.25, 0.3) is 0 Å². The average Bonchev–Trinajstić information content (AvgIpc) is 2.73. The second-order valence-corrected chi connectivity index (χ2v) is 7.25. The van der Waals surface area contributed by atoms with Crippen LogP contribution in [0.2, 0.25) is 0 Å². The Morgan fingerprint density at radius 1 is 1.17 bits per heavy atom. The lowest BCUT2D eigenvalue weighted by atomic mass is 9.96. The molecule has 1 aliphatic rings. The van der Waals surface area contributed by atoms with E-state index < -0.39 is 0 Å². The molecule has 0 radical (unpaired) electrons. The molecule has 8 heteroatoms. The highest BCUT2D eigenvalue weighted by Gasteiger charge is 2.22. The molecule has 29 heavy (non-hydrogen) atoms. The van der Waals surface area contributed by atoms with Crippen LogP contribution in [0.5, 0.6) is 5.75 Å². The van der Waals surface area contributed by atoms with Crippen molar-refractivity contribution in [3.63, 3.8) is 0 Å². The van der Waals surface area contributed by atoms with Crippen LogP contribution in [-0.4, -0.2) is 63.6 Å². The van der Waals surface area contributed by atoms with E-state index >= 15 is 0 Å². The van der Waals surface area contributed by atoms with E-state index in [0.717, 1.165) is 76.5 Å². The Morgan fingerprint density at radius 3 is 2.41 bits per heavy atom. The molecule has 1 amide bonds. The molecular formula is C21H36IN5O2. The first-order valence-corrected chi connectivity index (χ1v) is 10.2. The highest BCUT2D eigenvalue weighted by molar-refractivity contribution is 14.0. The second-order valence-electron chi connectivity index (χ2n) is 7.25. The van der Waals surface area contributed by atoms with Gasteiger partial charge in [-0.05, 0) is 69.4 Å². The molecule has 1 aromatic carbocycles. The molecule has 1 aliphatic heterocycles. The topological polar surface area (TPSA) is 92.0 Å². The first kappa shape index (κ1) is 25.5. The van der Waals surface area contributed by atoms with Crippen molar-refractivity contribution < 1.29 is 9.53 Å². The number of hydrogen-bond donors (Lipinski definition) is 3. The monoisotopic (exact) mass is 517 g/mol. The van der Waals surface area contributed by atoms with Gasteiger partial charge in [-0.1, -0.05) is 12.1 Å². The van der Waals surface area contributed by atoms with Crippen LogP contribution in [0.15, 0.2) is 29.3 Å². The minimum atomic E-state index is -0.144. The SMILES string of the molecule is CN=C(NCCCCN1CCC(C(N)=O)CC1)NCCc1ccc(OC)cc1.I. The highest BCUT2D eigenvalue weighted by atomic mass is 127. The summed E-state index contributed by atoms with van der Waals surface area (Å²) >= 11 is 0. The first-order chi connectivity index (χ1) is 13.6. The third-order valence-electron chi connectivity index (χ3n) is 5.27. The van der Waals surface area contributed by atoms with E-state index in [1.807, 2.05) is 12.1 Å². The summed E-state index contributed by atoms with van der Waals surface area (Å²) in [6.45, 7) is 4.78. The highest BCUT2D eigenvalue weighted by Crippen LogP contribution is 2.16. The fourth-order valence-electron chi connectivity index (χ4n) is 3.45. The normalized spacial score (nSPS) is 15.4. The number of ether oxygens (including phenoxy) is 1. The Bertz CT molecular complexity index is 616. The van der Waals surface area contributed by atoms with E-state index in [0.29, 0.717) is 0 Å². The summed E-state index contributed by atoms with van der Waals surface area (Å²) < 4.78 is 5.18. The third kappa shape index (κ3) is 9.66. The molecule has 2 rings (SSSR count). The molecule has 0 saturated carbocycles. The summed E-state index contributed by atoms with van der Waals surface area (Å²) in [5, 5.41) is 6.73. The number of carbonyl (C=O) groups excluding carboxylic acids is 1. The number of guanidine groups is 1. The third-order valence-corrected chi connectivity index (χ3v) is 5.27. The molecule has 0 spiro atoms. The summed E-state index contributed by atoms with van der Waals surface area (Å²) in [5.74, 6) is 1.65. The van der Waals surface area contributed by atoms with Crippen molar-refractivity contribution in [3.8, 4) is 5.75 Å². The lowest BCUT2D eigenvalue weighted by molar-refractivity contribution is -0.123. The van der Waals surface area contributed by atoms with Crippen LogP contribution in [-0.2, 0) is 11.2 Å². The number of nitrogens with zero attached hydrogens (tertiary/aromatic N) is 2. The summed E-state index contributed by atoms with van der Waals surface area (Å²) in [6.07, 6.45) is 4.97. The average molecular weight is 517 g/mol. The number of nitrogens with two attached hydrogens (primary N) is 1. The van der Waals surface area contributed by atoms with Crippen LogP contribution in [0, 0.1) is 5.92 Å². The number of piperidine rings is 1. The number of hydrogen-bond acceptors (Lipinski definition) is 4. The van der Waals surface area contributed by atoms with Crippen LogP contribution >= 0.6 is 24.0 Å². The molecule has 0 aromatic heterocycles. The molecule has 1 saturated heterocycles. The number of halogens is 1. The molecule has 0 bridgehead atoms. The smallest absolute Gasteiger partial charge is 0.220 e. The number of rotatable bonds is 10. The molecular weight excluding hydrogens is 481 g/mol. The summed E-state index contributed by atoms with van der Waals surface area (Å²) in [4.78, 5) is 17.9. The Hall–Kier alpha value is -1.55. The Balaban J connectivity index is 0.00000420. The maximum atomic E-state index is 11.2. The lowest BCUT2D eigenvalue weighted by Crippen LogP contribution is -2.40. The molecule has 1 heterocycles. The number of carbonyl (C=O) groups is 1. The van der Waals surface area contributed by atoms with Crippen LogP contribution in [0.25, 0.3) is 0 Å². The number of unbranched alkanes of at least 4 members (excludes halogenated alkanes) is 1. The Kier molecular flexibility index (Phi) is 12.7. The Morgan fingerprint density at radius 2 is 1.83 bits per heavy atom. The van der Waals surface area contributed by atoms with Crippen LogP contribution in [0.1, 0.15) is 31.2 Å². The molecule has 0 unspecified atom stereocenters. The predicted molar refractivity (Wildman–Crippen MR) is 129 cm³/mol. The molecule has 4 N–H and O–H groups in total. The molecule has 1 aromatic rings. The van der Waals surface area contributed by atoms with Crippen molar-refractivity contribution >= 4 is 35.8 Å².